The number of hydrogen-bond acceptors (Lipinski definition) is 5. The topological polar surface area (TPSA) is 59.2 Å². The molecule has 7 heteroatoms. The molecule has 0 bridgehead atoms. The molecule has 0 saturated carbocycles. The number of halogens is 1. The van der Waals surface area contributed by atoms with Crippen LogP contribution in [-0.2, 0) is 0 Å². The molecule has 0 spiro atoms. The van der Waals surface area contributed by atoms with Gasteiger partial charge in [-0.1, -0.05) is 11.3 Å². The number of nitrogens with zero attached hydrogens (tertiary/aromatic N) is 3. The highest BCUT2D eigenvalue weighted by Gasteiger charge is 2.27. The number of aromatic nitrogens is 2. The van der Waals surface area contributed by atoms with Crippen molar-refractivity contribution >= 4 is 17.2 Å². The Morgan fingerprint density at radius 2 is 1.92 bits per heavy atom. The van der Waals surface area contributed by atoms with Crippen molar-refractivity contribution in [2.45, 2.75) is 18.8 Å². The Morgan fingerprint density at radius 3 is 2.60 bits per heavy atom. The highest BCUT2D eigenvalue weighted by molar-refractivity contribution is 7.14. The fraction of sp³-hybridized carbons (Fsp3) is 0.278. The van der Waals surface area contributed by atoms with Crippen LogP contribution in [0.2, 0.25) is 0 Å². The number of carbonyl (C=O) groups excluding carboxylic acids is 1. The number of likely N-dealkylation sites (tertiary alicyclic amines) is 1. The Balaban J connectivity index is 1.40. The zero-order chi connectivity index (χ0) is 17.2. The first-order chi connectivity index (χ1) is 12.2. The summed E-state index contributed by atoms with van der Waals surface area (Å²) in [5, 5.41) is 10.3. The van der Waals surface area contributed by atoms with Gasteiger partial charge in [-0.25, -0.2) is 4.39 Å². The Kier molecular flexibility index (Phi) is 4.31. The molecule has 0 N–H and O–H groups in total. The molecule has 1 amide bonds. The molecule has 0 aliphatic carbocycles. The summed E-state index contributed by atoms with van der Waals surface area (Å²) in [6, 6.07) is 9.40. The van der Waals surface area contributed by atoms with E-state index in [1.165, 1.54) is 24.3 Å². The zero-order valence-electron chi connectivity index (χ0n) is 13.4. The van der Waals surface area contributed by atoms with Crippen molar-refractivity contribution in [3.8, 4) is 10.8 Å². The van der Waals surface area contributed by atoms with E-state index in [1.807, 2.05) is 17.0 Å². The number of piperidine rings is 1. The first-order valence-electron chi connectivity index (χ1n) is 8.13. The van der Waals surface area contributed by atoms with E-state index < -0.39 is 0 Å². The van der Waals surface area contributed by atoms with Gasteiger partial charge >= 0.3 is 0 Å². The van der Waals surface area contributed by atoms with E-state index in [4.69, 9.17) is 4.42 Å². The molecule has 1 aromatic carbocycles. The average Bonchev–Trinajstić information content (AvgIpc) is 3.33. The standard InChI is InChI=1S/C18H16FN3O2S/c19-14-5-3-13(4-6-14)18(23)22-9-7-12(8-10-22)16-20-21-17(25-16)15-2-1-11-24-15/h1-6,11-12H,7-10H2. The smallest absolute Gasteiger partial charge is 0.253 e. The number of rotatable bonds is 3. The third-order valence-corrected chi connectivity index (χ3v) is 5.50. The van der Waals surface area contributed by atoms with Crippen LogP contribution in [0.4, 0.5) is 4.39 Å². The summed E-state index contributed by atoms with van der Waals surface area (Å²) in [5.74, 6) is 0.650. The SMILES string of the molecule is O=C(c1ccc(F)cc1)N1CCC(c2nnc(-c3ccco3)s2)CC1. The minimum atomic E-state index is -0.334. The van der Waals surface area contributed by atoms with Crippen LogP contribution in [0, 0.1) is 5.82 Å². The van der Waals surface area contributed by atoms with Crippen LogP contribution in [0.15, 0.2) is 47.1 Å². The van der Waals surface area contributed by atoms with Gasteiger partial charge in [0.25, 0.3) is 5.91 Å². The molecule has 1 aliphatic rings. The molecule has 2 aromatic heterocycles. The van der Waals surface area contributed by atoms with Gasteiger partial charge in [-0.15, -0.1) is 10.2 Å². The summed E-state index contributed by atoms with van der Waals surface area (Å²) in [7, 11) is 0. The lowest BCUT2D eigenvalue weighted by Crippen LogP contribution is -2.37. The predicted octanol–water partition coefficient (Wildman–Crippen LogP) is 3.96. The van der Waals surface area contributed by atoms with Crippen LogP contribution in [-0.4, -0.2) is 34.1 Å². The van der Waals surface area contributed by atoms with Crippen LogP contribution < -0.4 is 0 Å². The Bertz CT molecular complexity index is 853. The van der Waals surface area contributed by atoms with Gasteiger partial charge in [0.2, 0.25) is 0 Å². The second-order valence-corrected chi connectivity index (χ2v) is 7.01. The van der Waals surface area contributed by atoms with Crippen molar-refractivity contribution in [3.63, 3.8) is 0 Å². The molecule has 0 radical (unpaired) electrons. The summed E-state index contributed by atoms with van der Waals surface area (Å²) in [4.78, 5) is 14.3. The molecule has 25 heavy (non-hydrogen) atoms. The molecule has 4 rings (SSSR count). The van der Waals surface area contributed by atoms with E-state index >= 15 is 0 Å². The summed E-state index contributed by atoms with van der Waals surface area (Å²) in [5.41, 5.74) is 0.524. The maximum absolute atomic E-state index is 13.0. The lowest BCUT2D eigenvalue weighted by Gasteiger charge is -2.31. The van der Waals surface area contributed by atoms with E-state index in [0.717, 1.165) is 28.6 Å². The molecule has 128 valence electrons. The Hall–Kier alpha value is -2.54. The van der Waals surface area contributed by atoms with E-state index in [9.17, 15) is 9.18 Å². The molecular formula is C18H16FN3O2S. The Labute approximate surface area is 148 Å². The van der Waals surface area contributed by atoms with Crippen LogP contribution in [0.1, 0.15) is 34.1 Å². The van der Waals surface area contributed by atoms with Crippen molar-refractivity contribution in [2.24, 2.45) is 0 Å². The van der Waals surface area contributed by atoms with Crippen molar-refractivity contribution in [3.05, 3.63) is 59.0 Å². The maximum Gasteiger partial charge on any atom is 0.253 e. The highest BCUT2D eigenvalue weighted by atomic mass is 32.1. The molecule has 1 saturated heterocycles. The fourth-order valence-electron chi connectivity index (χ4n) is 3.00. The minimum absolute atomic E-state index is 0.0491. The summed E-state index contributed by atoms with van der Waals surface area (Å²) < 4.78 is 18.3. The van der Waals surface area contributed by atoms with E-state index in [-0.39, 0.29) is 11.7 Å². The van der Waals surface area contributed by atoms with E-state index in [0.29, 0.717) is 24.6 Å². The van der Waals surface area contributed by atoms with Gasteiger partial charge in [0.15, 0.2) is 10.8 Å². The van der Waals surface area contributed by atoms with Gasteiger partial charge in [-0.3, -0.25) is 4.79 Å². The maximum atomic E-state index is 13.0. The molecule has 1 fully saturated rings. The van der Waals surface area contributed by atoms with Crippen LogP contribution in [0.5, 0.6) is 0 Å². The van der Waals surface area contributed by atoms with Crippen molar-refractivity contribution in [1.29, 1.82) is 0 Å². The summed E-state index contributed by atoms with van der Waals surface area (Å²) >= 11 is 1.54. The number of carbonyl (C=O) groups is 1. The van der Waals surface area contributed by atoms with Crippen LogP contribution in [0.3, 0.4) is 0 Å². The highest BCUT2D eigenvalue weighted by Crippen LogP contribution is 2.33. The zero-order valence-corrected chi connectivity index (χ0v) is 14.2. The monoisotopic (exact) mass is 357 g/mol. The molecule has 3 heterocycles. The minimum Gasteiger partial charge on any atom is -0.462 e. The van der Waals surface area contributed by atoms with Gasteiger partial charge in [0, 0.05) is 24.6 Å². The van der Waals surface area contributed by atoms with Crippen LogP contribution in [0.25, 0.3) is 10.8 Å². The normalized spacial score (nSPS) is 15.5. The second-order valence-electron chi connectivity index (χ2n) is 6.00. The third kappa shape index (κ3) is 3.32. The molecule has 0 atom stereocenters. The average molecular weight is 357 g/mol. The van der Waals surface area contributed by atoms with Gasteiger partial charge < -0.3 is 9.32 Å². The van der Waals surface area contributed by atoms with Gasteiger partial charge in [-0.2, -0.15) is 0 Å². The number of furan rings is 1. The van der Waals surface area contributed by atoms with Crippen molar-refractivity contribution < 1.29 is 13.6 Å². The number of hydrogen-bond donors (Lipinski definition) is 0. The van der Waals surface area contributed by atoms with E-state index in [2.05, 4.69) is 10.2 Å². The predicted molar refractivity (Wildman–Crippen MR) is 91.9 cm³/mol. The summed E-state index contributed by atoms with van der Waals surface area (Å²) in [6.45, 7) is 1.33. The number of amides is 1. The second kappa shape index (κ2) is 6.76. The van der Waals surface area contributed by atoms with E-state index in [1.54, 1.807) is 17.6 Å². The molecule has 0 unspecified atom stereocenters. The Morgan fingerprint density at radius 1 is 1.16 bits per heavy atom. The quantitative estimate of drug-likeness (QED) is 0.712. The number of benzene rings is 1. The molecule has 1 aliphatic heterocycles. The lowest BCUT2D eigenvalue weighted by molar-refractivity contribution is 0.0713. The van der Waals surface area contributed by atoms with Crippen molar-refractivity contribution in [2.75, 3.05) is 13.1 Å². The fourth-order valence-corrected chi connectivity index (χ4v) is 3.98. The van der Waals surface area contributed by atoms with Gasteiger partial charge in [0.05, 0.1) is 6.26 Å². The first kappa shape index (κ1) is 16.0. The van der Waals surface area contributed by atoms with Crippen LogP contribution >= 0.6 is 11.3 Å². The van der Waals surface area contributed by atoms with Gasteiger partial charge in [0.1, 0.15) is 10.8 Å². The molecular weight excluding hydrogens is 341 g/mol. The van der Waals surface area contributed by atoms with Crippen molar-refractivity contribution in [1.82, 2.24) is 15.1 Å². The van der Waals surface area contributed by atoms with Gasteiger partial charge in [-0.05, 0) is 49.2 Å². The molecule has 3 aromatic rings. The lowest BCUT2D eigenvalue weighted by atomic mass is 9.97. The first-order valence-corrected chi connectivity index (χ1v) is 8.94. The summed E-state index contributed by atoms with van der Waals surface area (Å²) in [6.07, 6.45) is 3.31. The molecule has 5 nitrogen and oxygen atoms in total. The third-order valence-electron chi connectivity index (χ3n) is 4.40. The largest absolute Gasteiger partial charge is 0.462 e.